The van der Waals surface area contributed by atoms with Gasteiger partial charge in [0, 0.05) is 26.4 Å². The molecule has 0 fully saturated rings. The average Bonchev–Trinajstić information content (AvgIpc) is 2.91. The summed E-state index contributed by atoms with van der Waals surface area (Å²) in [5.41, 5.74) is 1.06. The lowest BCUT2D eigenvalue weighted by molar-refractivity contribution is -0.135. The second-order valence-electron chi connectivity index (χ2n) is 4.63. The summed E-state index contributed by atoms with van der Waals surface area (Å²) in [5, 5.41) is 16.0. The Balaban J connectivity index is 2.65. The van der Waals surface area contributed by atoms with E-state index in [9.17, 15) is 14.7 Å². The third-order valence-corrected chi connectivity index (χ3v) is 3.82. The van der Waals surface area contributed by atoms with Crippen molar-refractivity contribution in [1.29, 1.82) is 0 Å². The molecule has 0 radical (unpaired) electrons. The number of aliphatic hydroxyl groups excluding tert-OH is 1. The Bertz CT molecular complexity index is 416. The fourth-order valence-corrected chi connectivity index (χ4v) is 2.60. The molecular weight excluding hydrogens is 276 g/mol. The van der Waals surface area contributed by atoms with Gasteiger partial charge in [-0.25, -0.2) is 0 Å². The van der Waals surface area contributed by atoms with Gasteiger partial charge >= 0.3 is 0 Å². The van der Waals surface area contributed by atoms with Gasteiger partial charge in [-0.15, -0.1) is 0 Å². The minimum Gasteiger partial charge on any atom is -0.394 e. The topological polar surface area (TPSA) is 69.6 Å². The first-order chi connectivity index (χ1) is 9.58. The Labute approximate surface area is 123 Å². The molecule has 0 bridgehead atoms. The maximum atomic E-state index is 12.3. The van der Waals surface area contributed by atoms with E-state index in [0.717, 1.165) is 5.56 Å². The average molecular weight is 298 g/mol. The maximum Gasteiger partial charge on any atom is 0.224 e. The van der Waals surface area contributed by atoms with E-state index < -0.39 is 0 Å². The molecule has 0 aliphatic heterocycles. The Morgan fingerprint density at radius 3 is 2.75 bits per heavy atom. The Hall–Kier alpha value is -1.40. The number of carbonyl (C=O) groups excluding carboxylic acids is 2. The standard InChI is InChI=1S/C14H22N2O3S/c1-3-13(9-17)16(8-12-5-7-20-10-12)14(19)4-6-15-11(2)18/h5,7,10,13,17H,3-4,6,8-9H2,1-2H3,(H,15,18)/t13-/m0/s1. The largest absolute Gasteiger partial charge is 0.394 e. The molecule has 1 heterocycles. The number of nitrogens with one attached hydrogen (secondary N) is 1. The molecule has 2 amide bonds. The Morgan fingerprint density at radius 2 is 2.25 bits per heavy atom. The van der Waals surface area contributed by atoms with E-state index in [4.69, 9.17) is 0 Å². The number of rotatable bonds is 8. The molecule has 0 aromatic carbocycles. The van der Waals surface area contributed by atoms with Gasteiger partial charge in [-0.2, -0.15) is 11.3 Å². The molecule has 0 aliphatic carbocycles. The molecule has 2 N–H and O–H groups in total. The molecule has 1 aromatic heterocycles. The number of aliphatic hydroxyl groups is 1. The zero-order chi connectivity index (χ0) is 15.0. The maximum absolute atomic E-state index is 12.3. The molecule has 5 nitrogen and oxygen atoms in total. The first-order valence-electron chi connectivity index (χ1n) is 6.74. The fourth-order valence-electron chi connectivity index (χ4n) is 1.94. The third kappa shape index (κ3) is 5.30. The zero-order valence-corrected chi connectivity index (χ0v) is 12.8. The van der Waals surface area contributed by atoms with Crippen molar-refractivity contribution < 1.29 is 14.7 Å². The van der Waals surface area contributed by atoms with Crippen LogP contribution in [0.15, 0.2) is 16.8 Å². The highest BCUT2D eigenvalue weighted by molar-refractivity contribution is 7.07. The van der Waals surface area contributed by atoms with Crippen LogP contribution < -0.4 is 5.32 Å². The highest BCUT2D eigenvalue weighted by Crippen LogP contribution is 2.14. The number of hydrogen-bond donors (Lipinski definition) is 2. The van der Waals surface area contributed by atoms with Gasteiger partial charge in [0.15, 0.2) is 0 Å². The summed E-state index contributed by atoms with van der Waals surface area (Å²) >= 11 is 1.58. The molecule has 0 aliphatic rings. The van der Waals surface area contributed by atoms with Crippen LogP contribution in [0.25, 0.3) is 0 Å². The van der Waals surface area contributed by atoms with Crippen LogP contribution in [0, 0.1) is 0 Å². The highest BCUT2D eigenvalue weighted by Gasteiger charge is 2.21. The van der Waals surface area contributed by atoms with Gasteiger partial charge in [-0.3, -0.25) is 9.59 Å². The predicted molar refractivity (Wildman–Crippen MR) is 79.3 cm³/mol. The minimum absolute atomic E-state index is 0.0491. The van der Waals surface area contributed by atoms with Crippen LogP contribution in [0.5, 0.6) is 0 Å². The van der Waals surface area contributed by atoms with Crippen LogP contribution in [0.2, 0.25) is 0 Å². The van der Waals surface area contributed by atoms with E-state index in [1.807, 2.05) is 23.8 Å². The van der Waals surface area contributed by atoms with E-state index >= 15 is 0 Å². The normalized spacial score (nSPS) is 11.9. The van der Waals surface area contributed by atoms with E-state index in [0.29, 0.717) is 19.5 Å². The Morgan fingerprint density at radius 1 is 1.50 bits per heavy atom. The second-order valence-corrected chi connectivity index (χ2v) is 5.41. The second kappa shape index (κ2) is 8.71. The molecule has 0 saturated heterocycles. The number of hydrogen-bond acceptors (Lipinski definition) is 4. The van der Waals surface area contributed by atoms with E-state index in [2.05, 4.69) is 5.32 Å². The quantitative estimate of drug-likeness (QED) is 0.761. The van der Waals surface area contributed by atoms with Gasteiger partial charge in [0.2, 0.25) is 11.8 Å². The zero-order valence-electron chi connectivity index (χ0n) is 12.0. The van der Waals surface area contributed by atoms with Crippen molar-refractivity contribution in [3.05, 3.63) is 22.4 Å². The van der Waals surface area contributed by atoms with Crippen LogP contribution in [-0.2, 0) is 16.1 Å². The Kier molecular flexibility index (Phi) is 7.25. The molecule has 112 valence electrons. The lowest BCUT2D eigenvalue weighted by Crippen LogP contribution is -2.42. The number of nitrogens with zero attached hydrogens (tertiary/aromatic N) is 1. The van der Waals surface area contributed by atoms with Gasteiger partial charge < -0.3 is 15.3 Å². The number of thiophene rings is 1. The van der Waals surface area contributed by atoms with E-state index in [1.54, 1.807) is 16.2 Å². The van der Waals surface area contributed by atoms with Gasteiger partial charge in [0.1, 0.15) is 0 Å². The predicted octanol–water partition coefficient (Wildman–Crippen LogP) is 1.37. The van der Waals surface area contributed by atoms with Gasteiger partial charge in [0.05, 0.1) is 12.6 Å². The van der Waals surface area contributed by atoms with E-state index in [1.165, 1.54) is 6.92 Å². The molecule has 20 heavy (non-hydrogen) atoms. The summed E-state index contributed by atoms with van der Waals surface area (Å²) in [5.74, 6) is -0.192. The van der Waals surface area contributed by atoms with Crippen molar-refractivity contribution in [2.75, 3.05) is 13.2 Å². The number of amides is 2. The van der Waals surface area contributed by atoms with Crippen molar-refractivity contribution in [2.45, 2.75) is 39.3 Å². The molecule has 0 saturated carbocycles. The van der Waals surface area contributed by atoms with Crippen LogP contribution in [0.4, 0.5) is 0 Å². The van der Waals surface area contributed by atoms with Crippen LogP contribution in [-0.4, -0.2) is 41.0 Å². The molecular formula is C14H22N2O3S. The third-order valence-electron chi connectivity index (χ3n) is 3.09. The van der Waals surface area contributed by atoms with Gasteiger partial charge in [-0.1, -0.05) is 6.92 Å². The lowest BCUT2D eigenvalue weighted by atomic mass is 10.1. The summed E-state index contributed by atoms with van der Waals surface area (Å²) in [6.45, 7) is 4.16. The van der Waals surface area contributed by atoms with Crippen molar-refractivity contribution in [3.8, 4) is 0 Å². The molecule has 1 aromatic rings. The smallest absolute Gasteiger partial charge is 0.224 e. The SMILES string of the molecule is CC[C@@H](CO)N(Cc1ccsc1)C(=O)CCNC(C)=O. The first-order valence-corrected chi connectivity index (χ1v) is 7.68. The van der Waals surface area contributed by atoms with Crippen molar-refractivity contribution in [1.82, 2.24) is 10.2 Å². The summed E-state index contributed by atoms with van der Waals surface area (Å²) < 4.78 is 0. The van der Waals surface area contributed by atoms with Crippen LogP contribution in [0.1, 0.15) is 32.3 Å². The highest BCUT2D eigenvalue weighted by atomic mass is 32.1. The lowest BCUT2D eigenvalue weighted by Gasteiger charge is -2.30. The molecule has 1 atom stereocenters. The van der Waals surface area contributed by atoms with Crippen LogP contribution in [0.3, 0.4) is 0 Å². The van der Waals surface area contributed by atoms with Gasteiger partial charge in [-0.05, 0) is 28.8 Å². The number of carbonyl (C=O) groups is 2. The molecule has 0 spiro atoms. The van der Waals surface area contributed by atoms with Crippen molar-refractivity contribution in [2.24, 2.45) is 0 Å². The minimum atomic E-state index is -0.181. The van der Waals surface area contributed by atoms with Gasteiger partial charge in [0.25, 0.3) is 0 Å². The van der Waals surface area contributed by atoms with Crippen LogP contribution >= 0.6 is 11.3 Å². The summed E-state index contributed by atoms with van der Waals surface area (Å²) in [6, 6.07) is 1.79. The molecule has 6 heteroatoms. The first kappa shape index (κ1) is 16.7. The fraction of sp³-hybridized carbons (Fsp3) is 0.571. The summed E-state index contributed by atoms with van der Waals surface area (Å²) in [7, 11) is 0. The van der Waals surface area contributed by atoms with Crippen molar-refractivity contribution in [3.63, 3.8) is 0 Å². The molecule has 0 unspecified atom stereocenters. The monoisotopic (exact) mass is 298 g/mol. The van der Waals surface area contributed by atoms with Crippen molar-refractivity contribution >= 4 is 23.2 Å². The summed E-state index contributed by atoms with van der Waals surface area (Å²) in [4.78, 5) is 24.8. The summed E-state index contributed by atoms with van der Waals surface area (Å²) in [6.07, 6.45) is 0.951. The van der Waals surface area contributed by atoms with E-state index in [-0.39, 0.29) is 30.9 Å². The molecule has 1 rings (SSSR count).